The van der Waals surface area contributed by atoms with Gasteiger partial charge in [-0.15, -0.1) is 11.8 Å². The van der Waals surface area contributed by atoms with E-state index in [9.17, 15) is 0 Å². The van der Waals surface area contributed by atoms with Gasteiger partial charge in [-0.1, -0.05) is 13.8 Å². The number of rotatable bonds is 5. The van der Waals surface area contributed by atoms with Gasteiger partial charge < -0.3 is 9.47 Å². The SMILES string of the molecule is COc1ccc(OC)c(SC(C#N)C(C)C)c1. The molecular formula is C13H17NO2S. The molecule has 0 N–H and O–H groups in total. The van der Waals surface area contributed by atoms with E-state index in [2.05, 4.69) is 6.07 Å². The minimum Gasteiger partial charge on any atom is -0.497 e. The van der Waals surface area contributed by atoms with E-state index in [0.29, 0.717) is 5.92 Å². The van der Waals surface area contributed by atoms with Gasteiger partial charge in [-0.05, 0) is 24.1 Å². The van der Waals surface area contributed by atoms with E-state index in [4.69, 9.17) is 14.7 Å². The Kier molecular flexibility index (Phi) is 5.17. The summed E-state index contributed by atoms with van der Waals surface area (Å²) in [5.74, 6) is 1.84. The smallest absolute Gasteiger partial charge is 0.132 e. The van der Waals surface area contributed by atoms with Crippen LogP contribution in [0.4, 0.5) is 0 Å². The van der Waals surface area contributed by atoms with Crippen LogP contribution in [-0.2, 0) is 0 Å². The second-order valence-electron chi connectivity index (χ2n) is 3.93. The third-order valence-corrected chi connectivity index (χ3v) is 3.83. The zero-order valence-electron chi connectivity index (χ0n) is 10.6. The molecule has 0 saturated heterocycles. The van der Waals surface area contributed by atoms with E-state index < -0.39 is 0 Å². The van der Waals surface area contributed by atoms with Gasteiger partial charge in [-0.2, -0.15) is 5.26 Å². The summed E-state index contributed by atoms with van der Waals surface area (Å²) in [6.07, 6.45) is 0. The molecule has 0 aliphatic carbocycles. The Balaban J connectivity index is 2.98. The molecule has 0 heterocycles. The zero-order valence-corrected chi connectivity index (χ0v) is 11.4. The first kappa shape index (κ1) is 13.7. The van der Waals surface area contributed by atoms with E-state index in [1.54, 1.807) is 14.2 Å². The summed E-state index contributed by atoms with van der Waals surface area (Å²) >= 11 is 1.51. The Labute approximate surface area is 107 Å². The standard InChI is InChI=1S/C13H17NO2S/c1-9(2)13(8-14)17-12-7-10(15-3)5-6-11(12)16-4/h5-7,9,13H,1-4H3. The number of hydrogen-bond acceptors (Lipinski definition) is 4. The molecule has 1 aromatic rings. The van der Waals surface area contributed by atoms with Gasteiger partial charge in [0.15, 0.2) is 0 Å². The van der Waals surface area contributed by atoms with E-state index in [1.165, 1.54) is 11.8 Å². The van der Waals surface area contributed by atoms with Gasteiger partial charge in [0.1, 0.15) is 11.5 Å². The van der Waals surface area contributed by atoms with Crippen molar-refractivity contribution in [2.75, 3.05) is 14.2 Å². The minimum atomic E-state index is -0.0870. The van der Waals surface area contributed by atoms with Crippen molar-refractivity contribution in [3.05, 3.63) is 18.2 Å². The lowest BCUT2D eigenvalue weighted by molar-refractivity contribution is 0.394. The first-order valence-electron chi connectivity index (χ1n) is 5.40. The van der Waals surface area contributed by atoms with Crippen LogP contribution < -0.4 is 9.47 Å². The monoisotopic (exact) mass is 251 g/mol. The lowest BCUT2D eigenvalue weighted by Gasteiger charge is -2.15. The molecule has 4 heteroatoms. The molecule has 0 amide bonds. The molecule has 0 bridgehead atoms. The van der Waals surface area contributed by atoms with Gasteiger partial charge >= 0.3 is 0 Å². The fourth-order valence-corrected chi connectivity index (χ4v) is 2.37. The maximum Gasteiger partial charge on any atom is 0.132 e. The first-order chi connectivity index (χ1) is 8.12. The highest BCUT2D eigenvalue weighted by Gasteiger charge is 2.17. The lowest BCUT2D eigenvalue weighted by Crippen LogP contribution is -2.08. The van der Waals surface area contributed by atoms with Crippen molar-refractivity contribution >= 4 is 11.8 Å². The molecule has 0 fully saturated rings. The van der Waals surface area contributed by atoms with E-state index >= 15 is 0 Å². The Morgan fingerprint density at radius 1 is 1.24 bits per heavy atom. The summed E-state index contributed by atoms with van der Waals surface area (Å²) in [4.78, 5) is 0.937. The molecule has 0 aliphatic heterocycles. The summed E-state index contributed by atoms with van der Waals surface area (Å²) in [6.45, 7) is 4.07. The van der Waals surface area contributed by atoms with Crippen LogP contribution in [0.1, 0.15) is 13.8 Å². The molecule has 1 atom stereocenters. The van der Waals surface area contributed by atoms with E-state index in [0.717, 1.165) is 16.4 Å². The molecule has 0 aliphatic rings. The summed E-state index contributed by atoms with van der Waals surface area (Å²) in [5, 5.41) is 9.02. The third-order valence-electron chi connectivity index (χ3n) is 2.36. The van der Waals surface area contributed by atoms with E-state index in [1.807, 2.05) is 32.0 Å². The predicted molar refractivity (Wildman–Crippen MR) is 69.6 cm³/mol. The van der Waals surface area contributed by atoms with Gasteiger partial charge in [0.05, 0.1) is 30.4 Å². The van der Waals surface area contributed by atoms with Crippen LogP contribution in [0.3, 0.4) is 0 Å². The van der Waals surface area contributed by atoms with Crippen LogP contribution in [0.25, 0.3) is 0 Å². The van der Waals surface area contributed by atoms with E-state index in [-0.39, 0.29) is 5.25 Å². The van der Waals surface area contributed by atoms with Gasteiger partial charge in [-0.3, -0.25) is 0 Å². The average Bonchev–Trinajstić information content (AvgIpc) is 2.35. The van der Waals surface area contributed by atoms with Gasteiger partial charge in [0.2, 0.25) is 0 Å². The predicted octanol–water partition coefficient (Wildman–Crippen LogP) is 3.34. The average molecular weight is 251 g/mol. The zero-order chi connectivity index (χ0) is 12.8. The molecule has 0 aromatic heterocycles. The van der Waals surface area contributed by atoms with Crippen LogP contribution in [0.5, 0.6) is 11.5 Å². The molecule has 0 saturated carbocycles. The summed E-state index contributed by atoms with van der Waals surface area (Å²) in [6, 6.07) is 7.91. The van der Waals surface area contributed by atoms with Crippen LogP contribution >= 0.6 is 11.8 Å². The summed E-state index contributed by atoms with van der Waals surface area (Å²) < 4.78 is 10.5. The number of thioether (sulfide) groups is 1. The lowest BCUT2D eigenvalue weighted by atomic mass is 10.1. The number of nitriles is 1. The van der Waals surface area contributed by atoms with Crippen LogP contribution in [-0.4, -0.2) is 19.5 Å². The summed E-state index contributed by atoms with van der Waals surface area (Å²) in [7, 11) is 3.25. The number of ether oxygens (including phenoxy) is 2. The highest BCUT2D eigenvalue weighted by atomic mass is 32.2. The number of hydrogen-bond donors (Lipinski definition) is 0. The van der Waals surface area contributed by atoms with Crippen LogP contribution in [0, 0.1) is 17.2 Å². The molecule has 0 radical (unpaired) electrons. The number of benzene rings is 1. The fourth-order valence-electron chi connectivity index (χ4n) is 1.32. The highest BCUT2D eigenvalue weighted by molar-refractivity contribution is 8.00. The summed E-state index contributed by atoms with van der Waals surface area (Å²) in [5.41, 5.74) is 0. The third kappa shape index (κ3) is 3.57. The quantitative estimate of drug-likeness (QED) is 0.753. The highest BCUT2D eigenvalue weighted by Crippen LogP contribution is 2.37. The van der Waals surface area contributed by atoms with Crippen molar-refractivity contribution in [1.82, 2.24) is 0 Å². The van der Waals surface area contributed by atoms with Crippen molar-refractivity contribution in [1.29, 1.82) is 5.26 Å². The molecular weight excluding hydrogens is 234 g/mol. The molecule has 1 rings (SSSR count). The van der Waals surface area contributed by atoms with Crippen molar-refractivity contribution in [2.24, 2.45) is 5.92 Å². The van der Waals surface area contributed by atoms with Crippen LogP contribution in [0.2, 0.25) is 0 Å². The van der Waals surface area contributed by atoms with Crippen molar-refractivity contribution in [2.45, 2.75) is 24.0 Å². The molecule has 1 unspecified atom stereocenters. The minimum absolute atomic E-state index is 0.0870. The fraction of sp³-hybridized carbons (Fsp3) is 0.462. The second-order valence-corrected chi connectivity index (χ2v) is 5.11. The first-order valence-corrected chi connectivity index (χ1v) is 6.28. The Bertz CT molecular complexity index is 412. The molecule has 1 aromatic carbocycles. The molecule has 92 valence electrons. The normalized spacial score (nSPS) is 12.0. The maximum atomic E-state index is 9.10. The second kappa shape index (κ2) is 6.41. The topological polar surface area (TPSA) is 42.2 Å². The van der Waals surface area contributed by atoms with Gasteiger partial charge in [0.25, 0.3) is 0 Å². The van der Waals surface area contributed by atoms with Crippen molar-refractivity contribution in [3.8, 4) is 17.6 Å². The molecule has 17 heavy (non-hydrogen) atoms. The number of nitrogens with zero attached hydrogens (tertiary/aromatic N) is 1. The maximum absolute atomic E-state index is 9.10. The van der Waals surface area contributed by atoms with Crippen molar-refractivity contribution < 1.29 is 9.47 Å². The van der Waals surface area contributed by atoms with Gasteiger partial charge in [-0.25, -0.2) is 0 Å². The molecule has 0 spiro atoms. The van der Waals surface area contributed by atoms with Crippen LogP contribution in [0.15, 0.2) is 23.1 Å². The van der Waals surface area contributed by atoms with Gasteiger partial charge in [0, 0.05) is 0 Å². The molecule has 3 nitrogen and oxygen atoms in total. The Morgan fingerprint density at radius 3 is 2.41 bits per heavy atom. The van der Waals surface area contributed by atoms with Crippen molar-refractivity contribution in [3.63, 3.8) is 0 Å². The Hall–Kier alpha value is -1.34. The largest absolute Gasteiger partial charge is 0.497 e. The number of methoxy groups -OCH3 is 2. The Morgan fingerprint density at radius 2 is 1.94 bits per heavy atom.